The molecule has 1 rings (SSSR count). The van der Waals surface area contributed by atoms with Crippen molar-refractivity contribution in [3.05, 3.63) is 27.4 Å². The summed E-state index contributed by atoms with van der Waals surface area (Å²) < 4.78 is 0. The second kappa shape index (κ2) is 5.88. The van der Waals surface area contributed by atoms with E-state index in [4.69, 9.17) is 11.3 Å². The molecule has 0 spiro atoms. The first-order valence-corrected chi connectivity index (χ1v) is 5.13. The van der Waals surface area contributed by atoms with Crippen molar-refractivity contribution in [2.24, 2.45) is 10.8 Å². The van der Waals surface area contributed by atoms with Gasteiger partial charge in [-0.05, 0) is 19.4 Å². The Morgan fingerprint density at radius 1 is 1.71 bits per heavy atom. The highest BCUT2D eigenvalue weighted by Gasteiger charge is 2.22. The Balaban J connectivity index is 2.79. The fourth-order valence-corrected chi connectivity index (χ4v) is 1.63. The van der Waals surface area contributed by atoms with Gasteiger partial charge in [0.25, 0.3) is 0 Å². The average Bonchev–Trinajstić information content (AvgIpc) is 2.59. The highest BCUT2D eigenvalue weighted by molar-refractivity contribution is 5.82. The van der Waals surface area contributed by atoms with Crippen molar-refractivity contribution in [3.8, 4) is 0 Å². The van der Waals surface area contributed by atoms with E-state index in [-0.39, 0.29) is 6.54 Å². The number of hydrogen-bond donors (Lipinski definition) is 3. The molecule has 8 heteroatoms. The lowest BCUT2D eigenvalue weighted by atomic mass is 10.0. The van der Waals surface area contributed by atoms with Crippen LogP contribution in [0.5, 0.6) is 0 Å². The summed E-state index contributed by atoms with van der Waals surface area (Å²) in [4.78, 5) is 14.0. The minimum absolute atomic E-state index is 0.260. The molecule has 1 aromatic heterocycles. The number of amides is 1. The molecule has 1 aromatic rings. The molecule has 1 amide bonds. The van der Waals surface area contributed by atoms with Crippen LogP contribution in [0.3, 0.4) is 0 Å². The largest absolute Gasteiger partial charge is 0.368 e. The monoisotopic (exact) mass is 237 g/mol. The lowest BCUT2D eigenvalue weighted by Crippen LogP contribution is -2.35. The molecule has 17 heavy (non-hydrogen) atoms. The molecule has 0 aliphatic heterocycles. The van der Waals surface area contributed by atoms with Crippen LogP contribution in [-0.2, 0) is 4.79 Å². The van der Waals surface area contributed by atoms with Gasteiger partial charge in [-0.1, -0.05) is 5.11 Å². The van der Waals surface area contributed by atoms with Gasteiger partial charge in [0.15, 0.2) is 0 Å². The molecule has 1 atom stereocenters. The Kier molecular flexibility index (Phi) is 4.50. The van der Waals surface area contributed by atoms with E-state index in [0.29, 0.717) is 6.54 Å². The molecule has 0 aliphatic rings. The quantitative estimate of drug-likeness (QED) is 0.287. The molecule has 1 unspecified atom stereocenters. The standard InChI is InChI=1S/C9H15N7O/c1-5-7(6(2)15-14-5)8(9(10)17)12-3-4-13-16-11/h8,12H,3-4H2,1-2H3,(H2,10,17)(H,14,15). The van der Waals surface area contributed by atoms with Gasteiger partial charge in [-0.3, -0.25) is 9.89 Å². The van der Waals surface area contributed by atoms with E-state index >= 15 is 0 Å². The van der Waals surface area contributed by atoms with Gasteiger partial charge in [-0.25, -0.2) is 0 Å². The first-order valence-electron chi connectivity index (χ1n) is 5.13. The predicted molar refractivity (Wildman–Crippen MR) is 62.0 cm³/mol. The molecule has 0 radical (unpaired) electrons. The Bertz CT molecular complexity index is 427. The van der Waals surface area contributed by atoms with E-state index in [9.17, 15) is 4.79 Å². The van der Waals surface area contributed by atoms with Crippen LogP contribution >= 0.6 is 0 Å². The van der Waals surface area contributed by atoms with E-state index < -0.39 is 11.9 Å². The lowest BCUT2D eigenvalue weighted by molar-refractivity contribution is -0.120. The minimum atomic E-state index is -0.623. The molecular formula is C9H15N7O. The van der Waals surface area contributed by atoms with Gasteiger partial charge in [0.1, 0.15) is 6.04 Å². The van der Waals surface area contributed by atoms with Gasteiger partial charge < -0.3 is 11.1 Å². The third-order valence-corrected chi connectivity index (χ3v) is 2.38. The van der Waals surface area contributed by atoms with Gasteiger partial charge in [0, 0.05) is 29.3 Å². The maximum absolute atomic E-state index is 11.4. The number of aromatic amines is 1. The van der Waals surface area contributed by atoms with E-state index in [1.54, 1.807) is 6.92 Å². The summed E-state index contributed by atoms with van der Waals surface area (Å²) in [6.07, 6.45) is 0. The van der Waals surface area contributed by atoms with Crippen LogP contribution in [0.15, 0.2) is 5.11 Å². The summed E-state index contributed by atoms with van der Waals surface area (Å²) in [6.45, 7) is 4.25. The zero-order valence-electron chi connectivity index (χ0n) is 9.77. The summed E-state index contributed by atoms with van der Waals surface area (Å²) in [6, 6.07) is -0.623. The molecule has 92 valence electrons. The topological polar surface area (TPSA) is 133 Å². The SMILES string of the molecule is Cc1n[nH]c(C)c1C(NCCN=[N+]=[N-])C(N)=O. The van der Waals surface area contributed by atoms with Gasteiger partial charge in [-0.2, -0.15) is 5.10 Å². The van der Waals surface area contributed by atoms with Crippen LogP contribution in [0.1, 0.15) is 23.0 Å². The van der Waals surface area contributed by atoms with Crippen LogP contribution in [-0.4, -0.2) is 29.2 Å². The third-order valence-electron chi connectivity index (χ3n) is 2.38. The maximum atomic E-state index is 11.4. The number of aromatic nitrogens is 2. The molecule has 0 saturated carbocycles. The van der Waals surface area contributed by atoms with Crippen LogP contribution in [0.4, 0.5) is 0 Å². The highest BCUT2D eigenvalue weighted by atomic mass is 16.1. The Hall–Kier alpha value is -2.05. The van der Waals surface area contributed by atoms with Crippen molar-refractivity contribution < 1.29 is 4.79 Å². The van der Waals surface area contributed by atoms with Crippen molar-refractivity contribution in [2.75, 3.05) is 13.1 Å². The fraction of sp³-hybridized carbons (Fsp3) is 0.556. The maximum Gasteiger partial charge on any atom is 0.239 e. The normalized spacial score (nSPS) is 11.9. The zero-order valence-corrected chi connectivity index (χ0v) is 9.77. The van der Waals surface area contributed by atoms with E-state index in [0.717, 1.165) is 17.0 Å². The van der Waals surface area contributed by atoms with Crippen molar-refractivity contribution >= 4 is 5.91 Å². The van der Waals surface area contributed by atoms with Crippen LogP contribution in [0, 0.1) is 13.8 Å². The first kappa shape index (κ1) is 13.0. The molecule has 8 nitrogen and oxygen atoms in total. The van der Waals surface area contributed by atoms with E-state index in [2.05, 4.69) is 25.5 Å². The third kappa shape index (κ3) is 3.20. The van der Waals surface area contributed by atoms with Crippen molar-refractivity contribution in [3.63, 3.8) is 0 Å². The first-order chi connectivity index (χ1) is 8.07. The van der Waals surface area contributed by atoms with E-state index in [1.807, 2.05) is 6.92 Å². The smallest absolute Gasteiger partial charge is 0.239 e. The number of carbonyl (C=O) groups excluding carboxylic acids is 1. The predicted octanol–water partition coefficient (Wildman–Crippen LogP) is 0.453. The van der Waals surface area contributed by atoms with Crippen molar-refractivity contribution in [1.29, 1.82) is 0 Å². The number of hydrogen-bond acceptors (Lipinski definition) is 4. The number of primary amides is 1. The lowest BCUT2D eigenvalue weighted by Gasteiger charge is -2.15. The van der Waals surface area contributed by atoms with Gasteiger partial charge >= 0.3 is 0 Å². The Labute approximate surface area is 98.2 Å². The highest BCUT2D eigenvalue weighted by Crippen LogP contribution is 2.18. The molecular weight excluding hydrogens is 222 g/mol. The van der Waals surface area contributed by atoms with Crippen LogP contribution < -0.4 is 11.1 Å². The Morgan fingerprint density at radius 2 is 2.41 bits per heavy atom. The van der Waals surface area contributed by atoms with Gasteiger partial charge in [-0.15, -0.1) is 0 Å². The number of nitrogens with two attached hydrogens (primary N) is 1. The number of carbonyl (C=O) groups is 1. The number of aryl methyl sites for hydroxylation is 2. The number of H-pyrrole nitrogens is 1. The van der Waals surface area contributed by atoms with Crippen LogP contribution in [0.25, 0.3) is 10.4 Å². The molecule has 0 fully saturated rings. The number of nitrogens with zero attached hydrogens (tertiary/aromatic N) is 4. The summed E-state index contributed by atoms with van der Waals surface area (Å²) in [5, 5.41) is 13.1. The molecule has 0 bridgehead atoms. The van der Waals surface area contributed by atoms with Crippen molar-refractivity contribution in [1.82, 2.24) is 15.5 Å². The number of rotatable bonds is 6. The van der Waals surface area contributed by atoms with Gasteiger partial charge in [0.2, 0.25) is 5.91 Å². The average molecular weight is 237 g/mol. The molecule has 4 N–H and O–H groups in total. The summed E-state index contributed by atoms with van der Waals surface area (Å²) in [7, 11) is 0. The molecule has 0 saturated heterocycles. The minimum Gasteiger partial charge on any atom is -0.368 e. The molecule has 0 aromatic carbocycles. The summed E-state index contributed by atoms with van der Waals surface area (Å²) in [5.74, 6) is -0.487. The second-order valence-electron chi connectivity index (χ2n) is 3.59. The van der Waals surface area contributed by atoms with Crippen LogP contribution in [0.2, 0.25) is 0 Å². The fourth-order valence-electron chi connectivity index (χ4n) is 1.63. The van der Waals surface area contributed by atoms with Crippen molar-refractivity contribution in [2.45, 2.75) is 19.9 Å². The zero-order chi connectivity index (χ0) is 12.8. The van der Waals surface area contributed by atoms with Gasteiger partial charge in [0.05, 0.1) is 5.69 Å². The van der Waals surface area contributed by atoms with E-state index in [1.165, 1.54) is 0 Å². The Morgan fingerprint density at radius 3 is 2.88 bits per heavy atom. The molecule has 0 aliphatic carbocycles. The summed E-state index contributed by atoms with van der Waals surface area (Å²) >= 11 is 0. The number of azide groups is 1. The molecule has 1 heterocycles. The second-order valence-corrected chi connectivity index (χ2v) is 3.59. The number of nitrogens with one attached hydrogen (secondary N) is 2. The summed E-state index contributed by atoms with van der Waals surface area (Å²) in [5.41, 5.74) is 15.7.